The SMILES string of the molecule is COCC1(C)CC(c2nc(-c3cc(Cl)c(C(=O)O)cc3OC)no2)=CC=C1c1ccccc1. The molecule has 0 amide bonds. The van der Waals surface area contributed by atoms with Crippen LogP contribution in [-0.4, -0.2) is 42.0 Å². The van der Waals surface area contributed by atoms with E-state index >= 15 is 0 Å². The standard InChI is InChI=1S/C25H23ClN2O5/c1-25(14-31-2)13-16(9-10-19(25)15-7-5-4-6-8-15)23-27-22(28-33-23)18-11-20(26)17(24(29)30)12-21(18)32-3/h4-12H,13-14H2,1-3H3,(H,29,30). The summed E-state index contributed by atoms with van der Waals surface area (Å²) in [5, 5.41) is 13.5. The first-order chi connectivity index (χ1) is 15.9. The summed E-state index contributed by atoms with van der Waals surface area (Å²) in [6, 6.07) is 13.0. The van der Waals surface area contributed by atoms with Gasteiger partial charge in [0.2, 0.25) is 5.82 Å². The molecule has 0 saturated carbocycles. The predicted octanol–water partition coefficient (Wildman–Crippen LogP) is 5.62. The summed E-state index contributed by atoms with van der Waals surface area (Å²) >= 11 is 6.15. The fourth-order valence-corrected chi connectivity index (χ4v) is 4.38. The molecule has 170 valence electrons. The van der Waals surface area contributed by atoms with Crippen LogP contribution < -0.4 is 4.74 Å². The van der Waals surface area contributed by atoms with Gasteiger partial charge in [0.15, 0.2) is 0 Å². The van der Waals surface area contributed by atoms with E-state index in [1.54, 1.807) is 7.11 Å². The first kappa shape index (κ1) is 22.8. The van der Waals surface area contributed by atoms with Gasteiger partial charge in [-0.15, -0.1) is 0 Å². The van der Waals surface area contributed by atoms with Gasteiger partial charge in [0.05, 0.1) is 29.9 Å². The maximum absolute atomic E-state index is 11.4. The molecule has 0 bridgehead atoms. The normalized spacial score (nSPS) is 17.9. The fourth-order valence-electron chi connectivity index (χ4n) is 4.14. The number of hydrogen-bond donors (Lipinski definition) is 1. The molecule has 0 saturated heterocycles. The number of aromatic nitrogens is 2. The molecule has 2 aromatic carbocycles. The summed E-state index contributed by atoms with van der Waals surface area (Å²) in [6.07, 6.45) is 4.68. The minimum Gasteiger partial charge on any atom is -0.496 e. The highest BCUT2D eigenvalue weighted by atomic mass is 35.5. The Hall–Kier alpha value is -3.42. The van der Waals surface area contributed by atoms with Gasteiger partial charge >= 0.3 is 5.97 Å². The number of ether oxygens (including phenoxy) is 2. The molecular weight excluding hydrogens is 444 g/mol. The third-order valence-corrected chi connectivity index (χ3v) is 6.00. The van der Waals surface area contributed by atoms with Crippen LogP contribution >= 0.6 is 11.6 Å². The van der Waals surface area contributed by atoms with E-state index in [1.165, 1.54) is 24.8 Å². The minimum atomic E-state index is -1.15. The molecule has 1 aliphatic rings. The van der Waals surface area contributed by atoms with Crippen LogP contribution in [0, 0.1) is 5.41 Å². The van der Waals surface area contributed by atoms with Gasteiger partial charge < -0.3 is 19.1 Å². The molecule has 0 radical (unpaired) electrons. The largest absolute Gasteiger partial charge is 0.496 e. The van der Waals surface area contributed by atoms with E-state index in [0.717, 1.165) is 11.1 Å². The Morgan fingerprint density at radius 1 is 1.21 bits per heavy atom. The molecule has 8 heteroatoms. The summed E-state index contributed by atoms with van der Waals surface area (Å²) in [5.41, 5.74) is 3.27. The highest BCUT2D eigenvalue weighted by Crippen LogP contribution is 2.46. The molecule has 7 nitrogen and oxygen atoms in total. The summed E-state index contributed by atoms with van der Waals surface area (Å²) in [5.74, 6) is -0.231. The van der Waals surface area contributed by atoms with Gasteiger partial charge in [-0.2, -0.15) is 4.98 Å². The topological polar surface area (TPSA) is 94.7 Å². The number of rotatable bonds is 7. The number of methoxy groups -OCH3 is 2. The summed E-state index contributed by atoms with van der Waals surface area (Å²) in [4.78, 5) is 15.9. The van der Waals surface area contributed by atoms with Crippen molar-refractivity contribution >= 4 is 28.7 Å². The van der Waals surface area contributed by atoms with E-state index in [9.17, 15) is 9.90 Å². The van der Waals surface area contributed by atoms with Crippen molar-refractivity contribution < 1.29 is 23.9 Å². The highest BCUT2D eigenvalue weighted by Gasteiger charge is 2.35. The number of hydrogen-bond acceptors (Lipinski definition) is 6. The van der Waals surface area contributed by atoms with Gasteiger partial charge in [-0.05, 0) is 29.7 Å². The molecule has 0 aliphatic heterocycles. The Bertz CT molecular complexity index is 1250. The van der Waals surface area contributed by atoms with Crippen molar-refractivity contribution in [2.75, 3.05) is 20.8 Å². The highest BCUT2D eigenvalue weighted by molar-refractivity contribution is 6.34. The average Bonchev–Trinajstić information content (AvgIpc) is 3.29. The van der Waals surface area contributed by atoms with Crippen LogP contribution in [0.5, 0.6) is 5.75 Å². The van der Waals surface area contributed by atoms with E-state index < -0.39 is 5.97 Å². The third-order valence-electron chi connectivity index (χ3n) is 5.69. The molecule has 1 unspecified atom stereocenters. The molecule has 1 N–H and O–H groups in total. The number of carboxylic acid groups (broad SMARTS) is 1. The van der Waals surface area contributed by atoms with Crippen molar-refractivity contribution in [3.63, 3.8) is 0 Å². The third kappa shape index (κ3) is 4.42. The smallest absolute Gasteiger partial charge is 0.337 e. The molecule has 1 aromatic heterocycles. The van der Waals surface area contributed by atoms with Gasteiger partial charge in [-0.25, -0.2) is 4.79 Å². The molecule has 33 heavy (non-hydrogen) atoms. The van der Waals surface area contributed by atoms with Crippen LogP contribution in [-0.2, 0) is 4.74 Å². The Labute approximate surface area is 196 Å². The van der Waals surface area contributed by atoms with Crippen molar-refractivity contribution in [3.05, 3.63) is 76.7 Å². The lowest BCUT2D eigenvalue weighted by atomic mass is 9.71. The predicted molar refractivity (Wildman–Crippen MR) is 125 cm³/mol. The zero-order valence-electron chi connectivity index (χ0n) is 18.5. The monoisotopic (exact) mass is 466 g/mol. The van der Waals surface area contributed by atoms with Crippen LogP contribution in [0.15, 0.2) is 59.1 Å². The number of carbonyl (C=O) groups is 1. The van der Waals surface area contributed by atoms with Crippen LogP contribution in [0.1, 0.15) is 35.2 Å². The fraction of sp³-hybridized carbons (Fsp3) is 0.240. The molecular formula is C25H23ClN2O5. The number of allylic oxidation sites excluding steroid dienone is 3. The molecule has 1 heterocycles. The Kier molecular flexibility index (Phi) is 6.35. The lowest BCUT2D eigenvalue weighted by Gasteiger charge is -2.34. The maximum atomic E-state index is 11.4. The van der Waals surface area contributed by atoms with E-state index in [-0.39, 0.29) is 27.6 Å². The first-order valence-corrected chi connectivity index (χ1v) is 10.6. The van der Waals surface area contributed by atoms with Crippen LogP contribution in [0.25, 0.3) is 22.5 Å². The van der Waals surface area contributed by atoms with Gasteiger partial charge in [-0.1, -0.05) is 66.2 Å². The second-order valence-electron chi connectivity index (χ2n) is 8.07. The van der Waals surface area contributed by atoms with Crippen molar-refractivity contribution in [1.29, 1.82) is 0 Å². The average molecular weight is 467 g/mol. The summed E-state index contributed by atoms with van der Waals surface area (Å²) in [7, 11) is 3.13. The van der Waals surface area contributed by atoms with E-state index in [2.05, 4.69) is 35.3 Å². The Morgan fingerprint density at radius 3 is 2.64 bits per heavy atom. The molecule has 0 spiro atoms. The zero-order valence-corrected chi connectivity index (χ0v) is 19.2. The minimum absolute atomic E-state index is 0.0598. The second-order valence-corrected chi connectivity index (χ2v) is 8.48. The lowest BCUT2D eigenvalue weighted by Crippen LogP contribution is -2.27. The number of carboxylic acids is 1. The quantitative estimate of drug-likeness (QED) is 0.482. The second kappa shape index (κ2) is 9.21. The van der Waals surface area contributed by atoms with Gasteiger partial charge in [0.25, 0.3) is 5.89 Å². The molecule has 0 fully saturated rings. The van der Waals surface area contributed by atoms with Crippen LogP contribution in [0.4, 0.5) is 0 Å². The zero-order chi connectivity index (χ0) is 23.6. The van der Waals surface area contributed by atoms with Gasteiger partial charge in [0, 0.05) is 18.1 Å². The van der Waals surface area contributed by atoms with Crippen molar-refractivity contribution in [2.24, 2.45) is 5.41 Å². The number of nitrogens with zero attached hydrogens (tertiary/aromatic N) is 2. The van der Waals surface area contributed by atoms with E-state index in [1.807, 2.05) is 24.3 Å². The molecule has 4 rings (SSSR count). The van der Waals surface area contributed by atoms with E-state index in [4.69, 9.17) is 25.6 Å². The number of benzene rings is 2. The van der Waals surface area contributed by atoms with E-state index in [0.29, 0.717) is 24.5 Å². The molecule has 1 atom stereocenters. The molecule has 3 aromatic rings. The first-order valence-electron chi connectivity index (χ1n) is 10.3. The number of aromatic carboxylic acids is 1. The maximum Gasteiger partial charge on any atom is 0.337 e. The Balaban J connectivity index is 1.72. The van der Waals surface area contributed by atoms with Crippen molar-refractivity contribution in [3.8, 4) is 17.1 Å². The lowest BCUT2D eigenvalue weighted by molar-refractivity contribution is 0.0696. The summed E-state index contributed by atoms with van der Waals surface area (Å²) in [6.45, 7) is 2.67. The van der Waals surface area contributed by atoms with Crippen molar-refractivity contribution in [1.82, 2.24) is 10.1 Å². The van der Waals surface area contributed by atoms with Crippen LogP contribution in [0.2, 0.25) is 5.02 Å². The van der Waals surface area contributed by atoms with Crippen LogP contribution in [0.3, 0.4) is 0 Å². The van der Waals surface area contributed by atoms with Gasteiger partial charge in [-0.3, -0.25) is 0 Å². The van der Waals surface area contributed by atoms with Crippen molar-refractivity contribution in [2.45, 2.75) is 13.3 Å². The number of halogens is 1. The molecule has 1 aliphatic carbocycles. The van der Waals surface area contributed by atoms with Gasteiger partial charge in [0.1, 0.15) is 5.75 Å². The summed E-state index contributed by atoms with van der Waals surface area (Å²) < 4.78 is 16.5. The Morgan fingerprint density at radius 2 is 1.97 bits per heavy atom.